The van der Waals surface area contributed by atoms with Gasteiger partial charge in [0.1, 0.15) is 5.01 Å². The van der Waals surface area contributed by atoms with Gasteiger partial charge in [0.2, 0.25) is 5.91 Å². The van der Waals surface area contributed by atoms with Gasteiger partial charge in [0.05, 0.1) is 13.7 Å². The van der Waals surface area contributed by atoms with Crippen LogP contribution in [0.25, 0.3) is 0 Å². The maximum Gasteiger partial charge on any atom is 0.355 e. The number of Topliss-reactive ketones (excluding diaryl/α,β-unsaturated/α-hetero) is 1. The van der Waals surface area contributed by atoms with E-state index in [0.717, 1.165) is 17.4 Å². The van der Waals surface area contributed by atoms with Crippen LogP contribution in [-0.2, 0) is 11.3 Å². The van der Waals surface area contributed by atoms with Crippen molar-refractivity contribution >= 4 is 29.0 Å². The zero-order valence-electron chi connectivity index (χ0n) is 13.2. The summed E-state index contributed by atoms with van der Waals surface area (Å²) in [4.78, 5) is 38.3. The summed E-state index contributed by atoms with van der Waals surface area (Å²) in [5, 5.41) is 13.2. The zero-order valence-corrected chi connectivity index (χ0v) is 14.1. The number of carboxylic acids is 1. The number of hydrogen-bond donors (Lipinski definition) is 2. The second-order valence-corrected chi connectivity index (χ2v) is 5.92. The monoisotopic (exact) mass is 366 g/mol. The molecule has 9 heteroatoms. The van der Waals surface area contributed by atoms with Gasteiger partial charge < -0.3 is 15.2 Å². The largest absolute Gasteiger partial charge is 0.494 e. The summed E-state index contributed by atoms with van der Waals surface area (Å²) in [5.74, 6) is -2.48. The third kappa shape index (κ3) is 5.08. The molecule has 0 spiro atoms. The number of ether oxygens (including phenoxy) is 1. The molecule has 1 heterocycles. The van der Waals surface area contributed by atoms with Crippen LogP contribution >= 0.6 is 11.3 Å². The normalized spacial score (nSPS) is 10.3. The van der Waals surface area contributed by atoms with Crippen molar-refractivity contribution in [3.8, 4) is 5.75 Å². The first-order valence-electron chi connectivity index (χ1n) is 7.22. The Morgan fingerprint density at radius 1 is 1.32 bits per heavy atom. The summed E-state index contributed by atoms with van der Waals surface area (Å²) in [6.07, 6.45) is -0.139. The van der Waals surface area contributed by atoms with Gasteiger partial charge in [0.25, 0.3) is 0 Å². The predicted molar refractivity (Wildman–Crippen MR) is 87.4 cm³/mol. The molecule has 0 aliphatic heterocycles. The number of rotatable bonds is 8. The van der Waals surface area contributed by atoms with Gasteiger partial charge in [-0.3, -0.25) is 9.59 Å². The van der Waals surface area contributed by atoms with Crippen LogP contribution in [0, 0.1) is 5.82 Å². The van der Waals surface area contributed by atoms with Crippen molar-refractivity contribution in [3.05, 3.63) is 45.7 Å². The van der Waals surface area contributed by atoms with Gasteiger partial charge in [-0.1, -0.05) is 0 Å². The van der Waals surface area contributed by atoms with Crippen LogP contribution in [-0.4, -0.2) is 34.9 Å². The minimum Gasteiger partial charge on any atom is -0.494 e. The minimum atomic E-state index is -1.13. The Labute approximate surface area is 146 Å². The highest BCUT2D eigenvalue weighted by Crippen LogP contribution is 2.19. The second kappa shape index (κ2) is 8.34. The van der Waals surface area contributed by atoms with Crippen molar-refractivity contribution < 1.29 is 28.6 Å². The van der Waals surface area contributed by atoms with Gasteiger partial charge in [-0.2, -0.15) is 0 Å². The van der Waals surface area contributed by atoms with E-state index in [0.29, 0.717) is 5.01 Å². The number of carbonyl (C=O) groups excluding carboxylic acids is 2. The highest BCUT2D eigenvalue weighted by molar-refractivity contribution is 7.09. The summed E-state index contributed by atoms with van der Waals surface area (Å²) in [7, 11) is 1.33. The number of halogens is 1. The molecule has 2 N–H and O–H groups in total. The highest BCUT2D eigenvalue weighted by Gasteiger charge is 2.13. The Morgan fingerprint density at radius 3 is 2.68 bits per heavy atom. The van der Waals surface area contributed by atoms with Gasteiger partial charge in [-0.05, 0) is 18.2 Å². The van der Waals surface area contributed by atoms with E-state index in [-0.39, 0.29) is 48.1 Å². The SMILES string of the molecule is COc1ccc(C(=O)CCC(=O)NCc2nc(C(=O)O)cs2)cc1F. The van der Waals surface area contributed by atoms with E-state index >= 15 is 0 Å². The molecular weight excluding hydrogens is 351 g/mol. The molecule has 1 aromatic heterocycles. The lowest BCUT2D eigenvalue weighted by Crippen LogP contribution is -2.23. The van der Waals surface area contributed by atoms with E-state index in [1.165, 1.54) is 24.6 Å². The Hall–Kier alpha value is -2.81. The second-order valence-electron chi connectivity index (χ2n) is 4.98. The summed E-state index contributed by atoms with van der Waals surface area (Å²) in [6.45, 7) is 0.0855. The van der Waals surface area contributed by atoms with E-state index in [1.807, 2.05) is 0 Å². The fourth-order valence-electron chi connectivity index (χ4n) is 1.96. The number of carbonyl (C=O) groups is 3. The van der Waals surface area contributed by atoms with Gasteiger partial charge in [0.15, 0.2) is 23.0 Å². The molecule has 1 aromatic carbocycles. The topological polar surface area (TPSA) is 106 Å². The molecule has 0 unspecified atom stereocenters. The van der Waals surface area contributed by atoms with E-state index in [2.05, 4.69) is 10.3 Å². The fourth-order valence-corrected chi connectivity index (χ4v) is 2.67. The molecule has 0 saturated heterocycles. The molecule has 0 aliphatic rings. The third-order valence-electron chi connectivity index (χ3n) is 3.26. The van der Waals surface area contributed by atoms with Crippen LogP contribution in [0.5, 0.6) is 5.75 Å². The first-order chi connectivity index (χ1) is 11.9. The van der Waals surface area contributed by atoms with Crippen molar-refractivity contribution in [2.45, 2.75) is 19.4 Å². The van der Waals surface area contributed by atoms with Crippen LogP contribution in [0.1, 0.15) is 38.7 Å². The Balaban J connectivity index is 1.81. The van der Waals surface area contributed by atoms with Crippen LogP contribution in [0.2, 0.25) is 0 Å². The van der Waals surface area contributed by atoms with Crippen molar-refractivity contribution in [2.75, 3.05) is 7.11 Å². The number of ketones is 1. The molecule has 7 nitrogen and oxygen atoms in total. The van der Waals surface area contributed by atoms with Crippen LogP contribution in [0.15, 0.2) is 23.6 Å². The van der Waals surface area contributed by atoms with Crippen molar-refractivity contribution in [1.29, 1.82) is 0 Å². The van der Waals surface area contributed by atoms with E-state index < -0.39 is 11.8 Å². The molecule has 132 valence electrons. The van der Waals surface area contributed by atoms with Crippen LogP contribution in [0.4, 0.5) is 4.39 Å². The predicted octanol–water partition coefficient (Wildman–Crippen LogP) is 2.27. The number of thiazole rings is 1. The minimum absolute atomic E-state index is 0.0403. The summed E-state index contributed by atoms with van der Waals surface area (Å²) >= 11 is 1.12. The number of benzene rings is 1. The van der Waals surface area contributed by atoms with E-state index in [9.17, 15) is 18.8 Å². The average molecular weight is 366 g/mol. The summed E-state index contributed by atoms with van der Waals surface area (Å²) in [6, 6.07) is 3.86. The Morgan fingerprint density at radius 2 is 2.08 bits per heavy atom. The molecule has 0 bridgehead atoms. The zero-order chi connectivity index (χ0) is 18.4. The maximum atomic E-state index is 13.6. The third-order valence-corrected chi connectivity index (χ3v) is 4.11. The number of nitrogens with zero attached hydrogens (tertiary/aromatic N) is 1. The lowest BCUT2D eigenvalue weighted by molar-refractivity contribution is -0.121. The number of methoxy groups -OCH3 is 1. The van der Waals surface area contributed by atoms with Gasteiger partial charge in [-0.25, -0.2) is 14.2 Å². The first kappa shape index (κ1) is 18.5. The number of nitrogens with one attached hydrogen (secondary N) is 1. The van der Waals surface area contributed by atoms with E-state index in [4.69, 9.17) is 9.84 Å². The molecule has 0 fully saturated rings. The Kier molecular flexibility index (Phi) is 6.18. The van der Waals surface area contributed by atoms with Crippen molar-refractivity contribution in [2.24, 2.45) is 0 Å². The van der Waals surface area contributed by atoms with Crippen LogP contribution in [0.3, 0.4) is 0 Å². The molecule has 1 amide bonds. The molecule has 2 rings (SSSR count). The number of aromatic nitrogens is 1. The molecule has 2 aromatic rings. The summed E-state index contributed by atoms with van der Waals surface area (Å²) in [5.41, 5.74) is 0.0862. The molecule has 0 saturated carbocycles. The lowest BCUT2D eigenvalue weighted by Gasteiger charge is -2.05. The number of amides is 1. The van der Waals surface area contributed by atoms with Gasteiger partial charge >= 0.3 is 5.97 Å². The summed E-state index contributed by atoms with van der Waals surface area (Å²) < 4.78 is 18.3. The Bertz CT molecular complexity index is 806. The first-order valence-corrected chi connectivity index (χ1v) is 8.09. The maximum absolute atomic E-state index is 13.6. The lowest BCUT2D eigenvalue weighted by atomic mass is 10.1. The fraction of sp³-hybridized carbons (Fsp3) is 0.250. The van der Waals surface area contributed by atoms with Crippen molar-refractivity contribution in [3.63, 3.8) is 0 Å². The van der Waals surface area contributed by atoms with Gasteiger partial charge in [-0.15, -0.1) is 11.3 Å². The van der Waals surface area contributed by atoms with E-state index in [1.54, 1.807) is 0 Å². The van der Waals surface area contributed by atoms with Gasteiger partial charge in [0, 0.05) is 23.8 Å². The standard InChI is InChI=1S/C16H15FN2O5S/c1-24-13-4-2-9(6-10(13)17)12(20)3-5-14(21)18-7-15-19-11(8-25-15)16(22)23/h2,4,6,8H,3,5,7H2,1H3,(H,18,21)(H,22,23). The number of hydrogen-bond acceptors (Lipinski definition) is 6. The molecular formula is C16H15FN2O5S. The molecule has 0 radical (unpaired) electrons. The number of carboxylic acid groups (broad SMARTS) is 1. The molecule has 0 atom stereocenters. The highest BCUT2D eigenvalue weighted by atomic mass is 32.1. The number of aromatic carboxylic acids is 1. The van der Waals surface area contributed by atoms with Crippen molar-refractivity contribution in [1.82, 2.24) is 10.3 Å². The quantitative estimate of drug-likeness (QED) is 0.694. The molecule has 25 heavy (non-hydrogen) atoms. The van der Waals surface area contributed by atoms with Crippen LogP contribution < -0.4 is 10.1 Å². The molecule has 0 aliphatic carbocycles. The smallest absolute Gasteiger partial charge is 0.355 e. The average Bonchev–Trinajstić information content (AvgIpc) is 3.07.